The summed E-state index contributed by atoms with van der Waals surface area (Å²) in [4.78, 5) is 76.9. The molecule has 14 nitrogen and oxygen atoms in total. The summed E-state index contributed by atoms with van der Waals surface area (Å²) in [7, 11) is -2.02. The van der Waals surface area contributed by atoms with E-state index in [1.807, 2.05) is 20.8 Å². The van der Waals surface area contributed by atoms with Crippen LogP contribution in [0.25, 0.3) is 0 Å². The molecule has 0 spiro atoms. The van der Waals surface area contributed by atoms with Crippen LogP contribution >= 0.6 is 0 Å². The van der Waals surface area contributed by atoms with Gasteiger partial charge in [0.1, 0.15) is 24.5 Å². The van der Waals surface area contributed by atoms with Gasteiger partial charge in [-0.15, -0.1) is 0 Å². The molecule has 2 saturated heterocycles. The van der Waals surface area contributed by atoms with Crippen LogP contribution < -0.4 is 4.43 Å². The first-order valence-corrected chi connectivity index (χ1v) is 19.4. The van der Waals surface area contributed by atoms with Gasteiger partial charge in [-0.05, 0) is 63.9 Å². The second-order valence-electron chi connectivity index (χ2n) is 16.8. The maximum Gasteiger partial charge on any atom is 0.418 e. The zero-order valence-electron chi connectivity index (χ0n) is 31.6. The minimum absolute atomic E-state index is 0.0459. The fraction of sp³-hybridized carbons (Fsp3) is 0.657. The Hall–Kier alpha value is -4.14. The Morgan fingerprint density at radius 2 is 1.38 bits per heavy atom. The van der Waals surface area contributed by atoms with Gasteiger partial charge in [-0.2, -0.15) is 0 Å². The molecule has 50 heavy (non-hydrogen) atoms. The van der Waals surface area contributed by atoms with Gasteiger partial charge >= 0.3 is 30.0 Å². The largest absolute Gasteiger partial charge is 0.532 e. The quantitative estimate of drug-likeness (QED) is 0.226. The fourth-order valence-corrected chi connectivity index (χ4v) is 5.88. The molecular formula is C35H52N2O12Si. The molecule has 2 amide bonds. The number of H-pyrrole nitrogens is 1. The minimum atomic E-state index is -2.02. The molecule has 0 bridgehead atoms. The molecule has 0 aromatic carbocycles. The SMILES string of the molecule is CC1=CC(=O)N(C(=O)OC(C)(C)C)C1C(=O)O[C@@H]1C(=O)OCC1(C)C.Cc1cc(O[Si](C)(C)C(C)(C)C)[nH]c1C(=O)O[C@@H]1C(=O)OCC1(C)C. The summed E-state index contributed by atoms with van der Waals surface area (Å²) in [5.74, 6) is -2.69. The Kier molecular flexibility index (Phi) is 11.2. The summed E-state index contributed by atoms with van der Waals surface area (Å²) in [6.07, 6.45) is -1.76. The van der Waals surface area contributed by atoms with Gasteiger partial charge in [0.15, 0.2) is 11.9 Å². The summed E-state index contributed by atoms with van der Waals surface area (Å²) in [6, 6.07) is 0.543. The normalized spacial score (nSPS) is 22.9. The van der Waals surface area contributed by atoms with Gasteiger partial charge < -0.3 is 33.1 Å². The lowest BCUT2D eigenvalue weighted by Gasteiger charge is -2.35. The predicted octanol–water partition coefficient (Wildman–Crippen LogP) is 5.39. The number of amides is 2. The lowest BCUT2D eigenvalue weighted by atomic mass is 9.90. The van der Waals surface area contributed by atoms with Crippen molar-refractivity contribution in [3.8, 4) is 5.88 Å². The zero-order chi connectivity index (χ0) is 38.4. The van der Waals surface area contributed by atoms with E-state index in [4.69, 9.17) is 28.1 Å². The van der Waals surface area contributed by atoms with Crippen molar-refractivity contribution in [2.24, 2.45) is 10.8 Å². The van der Waals surface area contributed by atoms with E-state index in [1.54, 1.807) is 40.7 Å². The Morgan fingerprint density at radius 3 is 1.82 bits per heavy atom. The standard InChI is InChI=1S/C18H29NO5Si.C17H23NO7/c1-11-9-12(24-25(7,8)17(2,3)4)19-13(11)15(20)23-14-16(21)22-10-18(14,5)6;1-9-7-10(19)18(15(22)25-16(2,3)4)11(9)13(20)24-12-14(21)23-8-17(12,5)6/h9,14,19H,10H2,1-8H3;7,11-12H,8H2,1-6H3/t14-;11?,12-/m11/s1. The van der Waals surface area contributed by atoms with Crippen LogP contribution in [-0.4, -0.2) is 91.1 Å². The van der Waals surface area contributed by atoms with Crippen molar-refractivity contribution in [3.63, 3.8) is 0 Å². The number of nitrogens with one attached hydrogen (secondary N) is 1. The first kappa shape index (κ1) is 40.3. The Bertz CT molecular complexity index is 1570. The molecule has 0 aliphatic carbocycles. The second-order valence-corrected chi connectivity index (χ2v) is 21.6. The number of aromatic nitrogens is 1. The van der Waals surface area contributed by atoms with Gasteiger partial charge in [-0.1, -0.05) is 48.5 Å². The molecule has 15 heteroatoms. The average molecular weight is 721 g/mol. The van der Waals surface area contributed by atoms with E-state index < -0.39 is 78.9 Å². The number of cyclic esters (lactones) is 2. The Balaban J connectivity index is 0.000000270. The first-order valence-electron chi connectivity index (χ1n) is 16.5. The molecule has 0 radical (unpaired) electrons. The van der Waals surface area contributed by atoms with Crippen LogP contribution in [0.3, 0.4) is 0 Å². The maximum absolute atomic E-state index is 12.6. The van der Waals surface area contributed by atoms with Crippen molar-refractivity contribution in [1.82, 2.24) is 9.88 Å². The third-order valence-corrected chi connectivity index (χ3v) is 13.3. The van der Waals surface area contributed by atoms with E-state index in [-0.39, 0.29) is 18.3 Å². The van der Waals surface area contributed by atoms with Crippen LogP contribution in [0.15, 0.2) is 17.7 Å². The topological polar surface area (TPSA) is 177 Å². The van der Waals surface area contributed by atoms with Gasteiger partial charge in [0.25, 0.3) is 14.2 Å². The van der Waals surface area contributed by atoms with Crippen molar-refractivity contribution in [3.05, 3.63) is 29.0 Å². The Labute approximate surface area is 294 Å². The number of rotatable bonds is 6. The lowest BCUT2D eigenvalue weighted by molar-refractivity contribution is -0.166. The molecule has 3 aliphatic rings. The number of ether oxygens (including phenoxy) is 5. The van der Waals surface area contributed by atoms with Crippen LogP contribution in [0.2, 0.25) is 18.1 Å². The van der Waals surface area contributed by atoms with Crippen molar-refractivity contribution in [2.75, 3.05) is 13.2 Å². The van der Waals surface area contributed by atoms with E-state index in [2.05, 4.69) is 38.8 Å². The highest BCUT2D eigenvalue weighted by Crippen LogP contribution is 2.38. The molecule has 4 rings (SSSR count). The number of carbonyl (C=O) groups is 6. The lowest BCUT2D eigenvalue weighted by Crippen LogP contribution is -2.49. The summed E-state index contributed by atoms with van der Waals surface area (Å²) in [5.41, 5.74) is -0.686. The van der Waals surface area contributed by atoms with Crippen molar-refractivity contribution >= 4 is 44.2 Å². The number of hydrogen-bond acceptors (Lipinski definition) is 12. The monoisotopic (exact) mass is 720 g/mol. The minimum Gasteiger partial charge on any atom is -0.532 e. The average Bonchev–Trinajstić information content (AvgIpc) is 3.61. The molecule has 0 saturated carbocycles. The molecule has 2 fully saturated rings. The highest BCUT2D eigenvalue weighted by molar-refractivity contribution is 6.74. The van der Waals surface area contributed by atoms with Crippen LogP contribution in [0, 0.1) is 17.8 Å². The third-order valence-electron chi connectivity index (χ3n) is 8.94. The maximum atomic E-state index is 12.6. The van der Waals surface area contributed by atoms with Crippen LogP contribution in [-0.2, 0) is 42.9 Å². The first-order chi connectivity index (χ1) is 22.6. The van der Waals surface area contributed by atoms with E-state index in [0.717, 1.165) is 5.56 Å². The van der Waals surface area contributed by atoms with E-state index in [1.165, 1.54) is 13.0 Å². The number of imide groups is 1. The second kappa shape index (κ2) is 13.9. The molecule has 278 valence electrons. The van der Waals surface area contributed by atoms with Crippen LogP contribution in [0.4, 0.5) is 4.79 Å². The predicted molar refractivity (Wildman–Crippen MR) is 183 cm³/mol. The summed E-state index contributed by atoms with van der Waals surface area (Å²) >= 11 is 0. The van der Waals surface area contributed by atoms with Gasteiger partial charge in [0.2, 0.25) is 12.2 Å². The highest BCUT2D eigenvalue weighted by Gasteiger charge is 2.50. The molecule has 3 atom stereocenters. The fourth-order valence-electron chi connectivity index (χ4n) is 4.91. The van der Waals surface area contributed by atoms with Crippen molar-refractivity contribution in [2.45, 2.75) is 125 Å². The van der Waals surface area contributed by atoms with Gasteiger partial charge in [0.05, 0.1) is 0 Å². The number of aryl methyl sites for hydroxylation is 1. The number of carbonyl (C=O) groups excluding carboxylic acids is 6. The third kappa shape index (κ3) is 8.95. The number of aromatic amines is 1. The summed E-state index contributed by atoms with van der Waals surface area (Å²) in [6.45, 7) is 26.5. The van der Waals surface area contributed by atoms with Gasteiger partial charge in [-0.3, -0.25) is 4.79 Å². The van der Waals surface area contributed by atoms with Crippen LogP contribution in [0.1, 0.15) is 92.2 Å². The van der Waals surface area contributed by atoms with Crippen molar-refractivity contribution < 1.29 is 56.9 Å². The molecule has 1 aromatic heterocycles. The number of nitrogens with zero attached hydrogens (tertiary/aromatic N) is 1. The molecule has 4 heterocycles. The molecule has 3 aliphatic heterocycles. The molecule has 1 unspecified atom stereocenters. The molecular weight excluding hydrogens is 668 g/mol. The molecule has 1 aromatic rings. The van der Waals surface area contributed by atoms with E-state index in [9.17, 15) is 28.8 Å². The van der Waals surface area contributed by atoms with Crippen molar-refractivity contribution in [1.29, 1.82) is 0 Å². The van der Waals surface area contributed by atoms with Crippen LogP contribution in [0.5, 0.6) is 5.88 Å². The zero-order valence-corrected chi connectivity index (χ0v) is 32.6. The molecule has 1 N–H and O–H groups in total. The van der Waals surface area contributed by atoms with Gasteiger partial charge in [-0.25, -0.2) is 28.9 Å². The number of esters is 4. The summed E-state index contributed by atoms with van der Waals surface area (Å²) < 4.78 is 32.0. The highest BCUT2D eigenvalue weighted by atomic mass is 28.4. The van der Waals surface area contributed by atoms with Gasteiger partial charge in [0, 0.05) is 23.0 Å². The summed E-state index contributed by atoms with van der Waals surface area (Å²) in [5, 5.41) is 0.0459. The van der Waals surface area contributed by atoms with E-state index >= 15 is 0 Å². The number of hydrogen-bond donors (Lipinski definition) is 1. The van der Waals surface area contributed by atoms with E-state index in [0.29, 0.717) is 22.0 Å². The Morgan fingerprint density at radius 1 is 0.880 bits per heavy atom. The smallest absolute Gasteiger partial charge is 0.418 e.